The summed E-state index contributed by atoms with van der Waals surface area (Å²) in [7, 11) is -2.74. The average molecular weight is 188 g/mol. The van der Waals surface area contributed by atoms with E-state index in [-0.39, 0.29) is 16.1 Å². The molecule has 2 bridgehead atoms. The molecule has 0 radical (unpaired) electrons. The molecule has 3 rings (SSSR count). The number of sulfone groups is 1. The molecule has 3 nitrogen and oxygen atoms in total. The minimum Gasteiger partial charge on any atom is -0.370 e. The molecule has 2 unspecified atom stereocenters. The van der Waals surface area contributed by atoms with Crippen molar-refractivity contribution in [1.29, 1.82) is 0 Å². The Kier molecular flexibility index (Phi) is 1.14. The predicted octanol–water partition coefficient (Wildman–Crippen LogP) is 0.495. The van der Waals surface area contributed by atoms with Gasteiger partial charge in [0.1, 0.15) is 0 Å². The van der Waals surface area contributed by atoms with Crippen molar-refractivity contribution in [3.63, 3.8) is 0 Å². The summed E-state index contributed by atoms with van der Waals surface area (Å²) in [5.41, 5.74) is 0.0111. The lowest BCUT2D eigenvalue weighted by Crippen LogP contribution is -2.37. The van der Waals surface area contributed by atoms with Gasteiger partial charge in [-0.05, 0) is 25.7 Å². The molecule has 68 valence electrons. The summed E-state index contributed by atoms with van der Waals surface area (Å²) in [4.78, 5) is 0. The first-order chi connectivity index (χ1) is 5.62. The van der Waals surface area contributed by atoms with Crippen LogP contribution in [0.2, 0.25) is 0 Å². The van der Waals surface area contributed by atoms with Gasteiger partial charge in [-0.25, -0.2) is 8.42 Å². The van der Waals surface area contributed by atoms with Crippen molar-refractivity contribution in [3.05, 3.63) is 0 Å². The van der Waals surface area contributed by atoms with E-state index in [2.05, 4.69) is 0 Å². The lowest BCUT2D eigenvalue weighted by atomic mass is 10.0. The van der Waals surface area contributed by atoms with Gasteiger partial charge < -0.3 is 4.74 Å². The van der Waals surface area contributed by atoms with Gasteiger partial charge in [0.25, 0.3) is 0 Å². The number of hydrogen-bond donors (Lipinski definition) is 0. The quantitative estimate of drug-likeness (QED) is 0.520. The van der Waals surface area contributed by atoms with Crippen molar-refractivity contribution in [2.24, 2.45) is 0 Å². The molecule has 12 heavy (non-hydrogen) atoms. The fourth-order valence-electron chi connectivity index (χ4n) is 2.66. The number of fused-ring (bicyclic) bond motifs is 2. The van der Waals surface area contributed by atoms with E-state index in [0.717, 1.165) is 32.3 Å². The van der Waals surface area contributed by atoms with E-state index in [9.17, 15) is 8.42 Å². The standard InChI is InChI=1S/C8H12O3S/c9-12(10)6-1-2-7(12)4-8(3-6)5-11-8/h6-7H,1-5H2. The van der Waals surface area contributed by atoms with Gasteiger partial charge in [-0.1, -0.05) is 0 Å². The van der Waals surface area contributed by atoms with E-state index in [1.807, 2.05) is 0 Å². The molecular weight excluding hydrogens is 176 g/mol. The predicted molar refractivity (Wildman–Crippen MR) is 43.6 cm³/mol. The van der Waals surface area contributed by atoms with Gasteiger partial charge in [-0.3, -0.25) is 0 Å². The van der Waals surface area contributed by atoms with Crippen LogP contribution in [0.3, 0.4) is 0 Å². The van der Waals surface area contributed by atoms with Crippen molar-refractivity contribution in [3.8, 4) is 0 Å². The topological polar surface area (TPSA) is 46.7 Å². The van der Waals surface area contributed by atoms with Gasteiger partial charge >= 0.3 is 0 Å². The monoisotopic (exact) mass is 188 g/mol. The van der Waals surface area contributed by atoms with Gasteiger partial charge in [0.2, 0.25) is 0 Å². The molecule has 3 aliphatic rings. The zero-order valence-corrected chi connectivity index (χ0v) is 7.64. The van der Waals surface area contributed by atoms with Crippen molar-refractivity contribution in [1.82, 2.24) is 0 Å². The zero-order chi connectivity index (χ0) is 8.40. The van der Waals surface area contributed by atoms with E-state index in [4.69, 9.17) is 4.74 Å². The fourth-order valence-corrected chi connectivity index (χ4v) is 5.21. The second-order valence-corrected chi connectivity index (χ2v) is 6.80. The van der Waals surface area contributed by atoms with E-state index in [0.29, 0.717) is 0 Å². The molecule has 0 aliphatic carbocycles. The fraction of sp³-hybridized carbons (Fsp3) is 1.00. The van der Waals surface area contributed by atoms with Crippen molar-refractivity contribution in [2.75, 3.05) is 6.61 Å². The highest BCUT2D eigenvalue weighted by atomic mass is 32.2. The highest BCUT2D eigenvalue weighted by molar-refractivity contribution is 7.93. The molecule has 3 fully saturated rings. The van der Waals surface area contributed by atoms with Crippen LogP contribution in [0, 0.1) is 0 Å². The summed E-state index contributed by atoms with van der Waals surface area (Å²) in [5, 5.41) is -0.141. The Balaban J connectivity index is 2.01. The third-order valence-corrected chi connectivity index (χ3v) is 6.15. The first-order valence-corrected chi connectivity index (χ1v) is 6.10. The minimum atomic E-state index is -2.74. The van der Waals surface area contributed by atoms with Crippen LogP contribution in [0.15, 0.2) is 0 Å². The lowest BCUT2D eigenvalue weighted by molar-refractivity contribution is 0.269. The summed E-state index contributed by atoms with van der Waals surface area (Å²) >= 11 is 0. The van der Waals surface area contributed by atoms with Crippen LogP contribution in [0.5, 0.6) is 0 Å². The van der Waals surface area contributed by atoms with Crippen LogP contribution in [-0.4, -0.2) is 31.1 Å². The van der Waals surface area contributed by atoms with Gasteiger partial charge in [-0.15, -0.1) is 0 Å². The van der Waals surface area contributed by atoms with Crippen LogP contribution in [-0.2, 0) is 14.6 Å². The molecule has 3 heterocycles. The van der Waals surface area contributed by atoms with Gasteiger partial charge in [0, 0.05) is 0 Å². The smallest absolute Gasteiger partial charge is 0.156 e. The highest BCUT2D eigenvalue weighted by Gasteiger charge is 2.59. The third-order valence-electron chi connectivity index (χ3n) is 3.49. The van der Waals surface area contributed by atoms with Crippen molar-refractivity contribution >= 4 is 9.84 Å². The summed E-state index contributed by atoms with van der Waals surface area (Å²) in [6, 6.07) is 0. The average Bonchev–Trinajstić information content (AvgIpc) is 2.73. The molecule has 3 aliphatic heterocycles. The summed E-state index contributed by atoms with van der Waals surface area (Å²) in [6.07, 6.45) is 3.29. The first kappa shape index (κ1) is 7.33. The van der Waals surface area contributed by atoms with Crippen LogP contribution >= 0.6 is 0 Å². The molecule has 0 aromatic carbocycles. The molecule has 2 atom stereocenters. The SMILES string of the molecule is O=S1(=O)C2CCC1CC1(CO1)C2. The second-order valence-electron chi connectivity index (χ2n) is 4.29. The Hall–Kier alpha value is -0.0900. The molecule has 4 heteroatoms. The molecule has 0 saturated carbocycles. The van der Waals surface area contributed by atoms with Crippen LogP contribution in [0.4, 0.5) is 0 Å². The van der Waals surface area contributed by atoms with E-state index in [1.54, 1.807) is 0 Å². The molecule has 3 saturated heterocycles. The van der Waals surface area contributed by atoms with E-state index >= 15 is 0 Å². The summed E-state index contributed by atoms with van der Waals surface area (Å²) in [6.45, 7) is 0.801. The Bertz CT molecular complexity index is 293. The van der Waals surface area contributed by atoms with Crippen LogP contribution in [0.25, 0.3) is 0 Å². The maximum atomic E-state index is 11.6. The first-order valence-electron chi connectivity index (χ1n) is 4.49. The third kappa shape index (κ3) is 0.773. The van der Waals surface area contributed by atoms with Crippen molar-refractivity contribution in [2.45, 2.75) is 41.8 Å². The minimum absolute atomic E-state index is 0.0111. The largest absolute Gasteiger partial charge is 0.370 e. The number of ether oxygens (including phenoxy) is 1. The zero-order valence-electron chi connectivity index (χ0n) is 6.82. The number of rotatable bonds is 0. The molecule has 0 N–H and O–H groups in total. The van der Waals surface area contributed by atoms with E-state index in [1.165, 1.54) is 0 Å². The highest BCUT2D eigenvalue weighted by Crippen LogP contribution is 2.50. The molecule has 0 amide bonds. The van der Waals surface area contributed by atoms with Gasteiger partial charge in [-0.2, -0.15) is 0 Å². The van der Waals surface area contributed by atoms with E-state index < -0.39 is 9.84 Å². The summed E-state index contributed by atoms with van der Waals surface area (Å²) < 4.78 is 28.6. The van der Waals surface area contributed by atoms with Gasteiger partial charge in [0.15, 0.2) is 9.84 Å². The lowest BCUT2D eigenvalue weighted by Gasteiger charge is -2.24. The molecule has 0 aromatic heterocycles. The van der Waals surface area contributed by atoms with Crippen molar-refractivity contribution < 1.29 is 13.2 Å². The van der Waals surface area contributed by atoms with Gasteiger partial charge in [0.05, 0.1) is 22.7 Å². The Morgan fingerprint density at radius 3 is 2.08 bits per heavy atom. The molecule has 0 aromatic rings. The Morgan fingerprint density at radius 1 is 1.17 bits per heavy atom. The van der Waals surface area contributed by atoms with Crippen LogP contribution < -0.4 is 0 Å². The summed E-state index contributed by atoms with van der Waals surface area (Å²) in [5.74, 6) is 0. The van der Waals surface area contributed by atoms with Crippen LogP contribution in [0.1, 0.15) is 25.7 Å². The maximum Gasteiger partial charge on any atom is 0.156 e. The Morgan fingerprint density at radius 2 is 1.67 bits per heavy atom. The number of epoxide rings is 1. The Labute approximate surface area is 72.0 Å². The second kappa shape index (κ2) is 1.87. The maximum absolute atomic E-state index is 11.6. The normalized spacial score (nSPS) is 54.3. The number of hydrogen-bond acceptors (Lipinski definition) is 3. The molecular formula is C8H12O3S. The molecule has 1 spiro atoms.